The van der Waals surface area contributed by atoms with Crippen molar-refractivity contribution >= 4 is 22.6 Å². The molecule has 0 bridgehead atoms. The van der Waals surface area contributed by atoms with Crippen molar-refractivity contribution in [2.24, 2.45) is 0 Å². The van der Waals surface area contributed by atoms with Crippen LogP contribution in [-0.4, -0.2) is 38.3 Å². The van der Waals surface area contributed by atoms with E-state index < -0.39 is 0 Å². The summed E-state index contributed by atoms with van der Waals surface area (Å²) >= 11 is 0. The highest BCUT2D eigenvalue weighted by Gasteiger charge is 2.15. The Kier molecular flexibility index (Phi) is 5.28. The number of benzene rings is 2. The van der Waals surface area contributed by atoms with Gasteiger partial charge >= 0.3 is 0 Å². The van der Waals surface area contributed by atoms with Crippen molar-refractivity contribution < 1.29 is 9.53 Å². The van der Waals surface area contributed by atoms with Crippen LogP contribution in [0.15, 0.2) is 54.7 Å². The Bertz CT molecular complexity index is 1280. The van der Waals surface area contributed by atoms with Gasteiger partial charge in [0, 0.05) is 29.6 Å². The molecular formula is C24H24N6O2. The number of anilines is 1. The lowest BCUT2D eigenvalue weighted by Gasteiger charge is -2.17. The van der Waals surface area contributed by atoms with Gasteiger partial charge < -0.3 is 19.9 Å². The number of carbonyl (C=O) groups is 1. The zero-order chi connectivity index (χ0) is 22.1. The molecule has 2 aromatic heterocycles. The van der Waals surface area contributed by atoms with Crippen molar-refractivity contribution in [1.29, 1.82) is 0 Å². The normalized spacial score (nSPS) is 13.2. The highest BCUT2D eigenvalue weighted by molar-refractivity contribution is 6.04. The number of hydrogen-bond acceptors (Lipinski definition) is 6. The van der Waals surface area contributed by atoms with Crippen molar-refractivity contribution in [3.8, 4) is 17.0 Å². The topological polar surface area (TPSA) is 94.0 Å². The Morgan fingerprint density at radius 3 is 2.78 bits per heavy atom. The smallest absolute Gasteiger partial charge is 0.256 e. The highest BCUT2D eigenvalue weighted by Crippen LogP contribution is 2.26. The maximum atomic E-state index is 12.7. The first-order valence-electron chi connectivity index (χ1n) is 10.7. The average molecular weight is 428 g/mol. The summed E-state index contributed by atoms with van der Waals surface area (Å²) in [6.07, 6.45) is 1.99. The van der Waals surface area contributed by atoms with Gasteiger partial charge in [-0.1, -0.05) is 6.07 Å². The van der Waals surface area contributed by atoms with Gasteiger partial charge in [-0.15, -0.1) is 10.2 Å². The van der Waals surface area contributed by atoms with E-state index in [0.29, 0.717) is 11.4 Å². The first-order valence-corrected chi connectivity index (χ1v) is 10.7. The molecule has 2 N–H and O–H groups in total. The number of ether oxygens (including phenoxy) is 1. The molecule has 0 unspecified atom stereocenters. The minimum Gasteiger partial charge on any atom is -0.491 e. The van der Waals surface area contributed by atoms with Crippen LogP contribution in [0.3, 0.4) is 0 Å². The van der Waals surface area contributed by atoms with E-state index in [9.17, 15) is 4.79 Å². The molecular weight excluding hydrogens is 404 g/mol. The van der Waals surface area contributed by atoms with Crippen LogP contribution in [0.1, 0.15) is 30.0 Å². The molecule has 1 aliphatic rings. The van der Waals surface area contributed by atoms with Gasteiger partial charge in [0.1, 0.15) is 11.6 Å². The molecule has 2 aromatic carbocycles. The maximum absolute atomic E-state index is 12.7. The fourth-order valence-corrected chi connectivity index (χ4v) is 3.84. The molecule has 0 fully saturated rings. The van der Waals surface area contributed by atoms with Crippen LogP contribution in [0.2, 0.25) is 0 Å². The van der Waals surface area contributed by atoms with E-state index in [1.165, 1.54) is 0 Å². The second kappa shape index (κ2) is 8.39. The quantitative estimate of drug-likeness (QED) is 0.504. The molecule has 8 heteroatoms. The molecule has 1 aliphatic heterocycles. The number of rotatable bonds is 5. The second-order valence-electron chi connectivity index (χ2n) is 8.04. The Balaban J connectivity index is 1.38. The summed E-state index contributed by atoms with van der Waals surface area (Å²) in [5.74, 6) is 1.93. The van der Waals surface area contributed by atoms with Crippen LogP contribution < -0.4 is 15.4 Å². The number of nitrogens with zero attached hydrogens (tertiary/aromatic N) is 4. The van der Waals surface area contributed by atoms with Crippen LogP contribution in [0.25, 0.3) is 22.2 Å². The summed E-state index contributed by atoms with van der Waals surface area (Å²) in [6, 6.07) is 14.9. The average Bonchev–Trinajstić information content (AvgIpc) is 3.23. The summed E-state index contributed by atoms with van der Waals surface area (Å²) in [5.41, 5.74) is 3.43. The van der Waals surface area contributed by atoms with Crippen LogP contribution in [0, 0.1) is 0 Å². The zero-order valence-corrected chi connectivity index (χ0v) is 18.0. The molecule has 5 rings (SSSR count). The van der Waals surface area contributed by atoms with Gasteiger partial charge in [0.05, 0.1) is 30.1 Å². The van der Waals surface area contributed by atoms with E-state index in [1.807, 2.05) is 38.2 Å². The van der Waals surface area contributed by atoms with E-state index in [1.54, 1.807) is 24.3 Å². The molecule has 0 saturated carbocycles. The second-order valence-corrected chi connectivity index (χ2v) is 8.04. The Morgan fingerprint density at radius 2 is 1.97 bits per heavy atom. The van der Waals surface area contributed by atoms with E-state index in [0.717, 1.165) is 53.4 Å². The molecule has 8 nitrogen and oxygen atoms in total. The third-order valence-electron chi connectivity index (χ3n) is 5.34. The molecule has 0 radical (unpaired) electrons. The minimum atomic E-state index is -0.247. The third-order valence-corrected chi connectivity index (χ3v) is 5.34. The standard InChI is InChI=1S/C24H24N6O2/c1-15(2)32-19-6-3-16(4-7-19)24(31)27-22-12-18-11-17(5-8-20(18)28-29-22)21-13-26-23-14-25-9-10-30(21)23/h3-8,11-13,15,25H,9-10,14H2,1-2H3,(H,27,29,31). The van der Waals surface area contributed by atoms with Crippen LogP contribution in [-0.2, 0) is 13.1 Å². The summed E-state index contributed by atoms with van der Waals surface area (Å²) in [5, 5.41) is 15.5. The fraction of sp³-hybridized carbons (Fsp3) is 0.250. The van der Waals surface area contributed by atoms with Crippen molar-refractivity contribution in [3.05, 3.63) is 66.1 Å². The summed E-state index contributed by atoms with van der Waals surface area (Å²) in [4.78, 5) is 17.2. The van der Waals surface area contributed by atoms with Gasteiger partial charge in [-0.3, -0.25) is 4.79 Å². The van der Waals surface area contributed by atoms with Gasteiger partial charge in [0.25, 0.3) is 5.91 Å². The fourth-order valence-electron chi connectivity index (χ4n) is 3.84. The van der Waals surface area contributed by atoms with Gasteiger partial charge in [-0.05, 0) is 56.3 Å². The summed E-state index contributed by atoms with van der Waals surface area (Å²) < 4.78 is 7.87. The van der Waals surface area contributed by atoms with E-state index in [-0.39, 0.29) is 12.0 Å². The van der Waals surface area contributed by atoms with Crippen molar-refractivity contribution in [2.45, 2.75) is 33.0 Å². The van der Waals surface area contributed by atoms with Gasteiger partial charge in [0.2, 0.25) is 0 Å². The molecule has 32 heavy (non-hydrogen) atoms. The summed E-state index contributed by atoms with van der Waals surface area (Å²) in [7, 11) is 0. The van der Waals surface area contributed by atoms with Crippen LogP contribution in [0.4, 0.5) is 5.82 Å². The maximum Gasteiger partial charge on any atom is 0.256 e. The van der Waals surface area contributed by atoms with Crippen LogP contribution >= 0.6 is 0 Å². The number of hydrogen-bond donors (Lipinski definition) is 2. The molecule has 0 aliphatic carbocycles. The van der Waals surface area contributed by atoms with Gasteiger partial charge in [-0.2, -0.15) is 0 Å². The van der Waals surface area contributed by atoms with Crippen molar-refractivity contribution in [1.82, 2.24) is 25.1 Å². The number of aromatic nitrogens is 4. The molecule has 4 aromatic rings. The van der Waals surface area contributed by atoms with E-state index in [2.05, 4.69) is 36.4 Å². The number of nitrogens with one attached hydrogen (secondary N) is 2. The lowest BCUT2D eigenvalue weighted by molar-refractivity contribution is 0.102. The van der Waals surface area contributed by atoms with Crippen molar-refractivity contribution in [2.75, 3.05) is 11.9 Å². The predicted molar refractivity (Wildman–Crippen MR) is 123 cm³/mol. The number of amides is 1. The Morgan fingerprint density at radius 1 is 1.12 bits per heavy atom. The van der Waals surface area contributed by atoms with E-state index in [4.69, 9.17) is 4.74 Å². The molecule has 3 heterocycles. The van der Waals surface area contributed by atoms with Crippen molar-refractivity contribution in [3.63, 3.8) is 0 Å². The minimum absolute atomic E-state index is 0.0807. The number of carbonyl (C=O) groups excluding carboxylic acids is 1. The van der Waals surface area contributed by atoms with Crippen LogP contribution in [0.5, 0.6) is 5.75 Å². The highest BCUT2D eigenvalue weighted by atomic mass is 16.5. The molecule has 0 atom stereocenters. The lowest BCUT2D eigenvalue weighted by atomic mass is 10.1. The Hall–Kier alpha value is -3.78. The number of imidazole rings is 1. The SMILES string of the molecule is CC(C)Oc1ccc(C(=O)Nc2cc3cc(-c4cnc5n4CCNC5)ccc3nn2)cc1. The molecule has 0 spiro atoms. The largest absolute Gasteiger partial charge is 0.491 e. The molecule has 1 amide bonds. The molecule has 162 valence electrons. The van der Waals surface area contributed by atoms with E-state index >= 15 is 0 Å². The Labute approximate surface area is 185 Å². The number of fused-ring (bicyclic) bond motifs is 2. The predicted octanol–water partition coefficient (Wildman–Crippen LogP) is 3.64. The summed E-state index contributed by atoms with van der Waals surface area (Å²) in [6.45, 7) is 6.52. The monoisotopic (exact) mass is 428 g/mol. The third kappa shape index (κ3) is 4.04. The zero-order valence-electron chi connectivity index (χ0n) is 18.0. The van der Waals surface area contributed by atoms with Gasteiger partial charge in [0.15, 0.2) is 5.82 Å². The van der Waals surface area contributed by atoms with Gasteiger partial charge in [-0.25, -0.2) is 4.98 Å². The first-order chi connectivity index (χ1) is 15.6. The molecule has 0 saturated heterocycles. The lowest BCUT2D eigenvalue weighted by Crippen LogP contribution is -2.28. The first kappa shape index (κ1) is 20.1.